The normalized spacial score (nSPS) is 12.9. The SMILES string of the molecule is O=C(NCCNC(=O)c1ccc(F)cc1F)c1ccc(NC(=O)C2CC2)cc1. The van der Waals surface area contributed by atoms with Crippen LogP contribution in [-0.4, -0.2) is 30.8 Å². The highest BCUT2D eigenvalue weighted by Gasteiger charge is 2.29. The second kappa shape index (κ2) is 8.60. The lowest BCUT2D eigenvalue weighted by molar-refractivity contribution is -0.117. The van der Waals surface area contributed by atoms with Gasteiger partial charge in [-0.3, -0.25) is 14.4 Å². The molecule has 6 nitrogen and oxygen atoms in total. The number of benzene rings is 2. The molecule has 3 rings (SSSR count). The topological polar surface area (TPSA) is 87.3 Å². The van der Waals surface area contributed by atoms with E-state index in [4.69, 9.17) is 0 Å². The number of anilines is 1. The molecule has 0 radical (unpaired) electrons. The molecule has 1 fully saturated rings. The molecule has 0 aromatic heterocycles. The summed E-state index contributed by atoms with van der Waals surface area (Å²) in [5, 5.41) is 7.86. The molecular weight excluding hydrogens is 368 g/mol. The Balaban J connectivity index is 1.42. The Bertz CT molecular complexity index is 896. The number of carbonyl (C=O) groups is 3. The van der Waals surface area contributed by atoms with Gasteiger partial charge in [0.2, 0.25) is 5.91 Å². The Morgan fingerprint density at radius 2 is 1.54 bits per heavy atom. The van der Waals surface area contributed by atoms with E-state index in [1.807, 2.05) is 0 Å². The van der Waals surface area contributed by atoms with Gasteiger partial charge in [0, 0.05) is 36.3 Å². The zero-order valence-corrected chi connectivity index (χ0v) is 14.9. The summed E-state index contributed by atoms with van der Waals surface area (Å²) in [4.78, 5) is 35.6. The molecule has 0 bridgehead atoms. The van der Waals surface area contributed by atoms with Gasteiger partial charge in [0.1, 0.15) is 11.6 Å². The maximum absolute atomic E-state index is 13.5. The predicted molar refractivity (Wildman–Crippen MR) is 98.8 cm³/mol. The van der Waals surface area contributed by atoms with E-state index < -0.39 is 17.5 Å². The first-order valence-corrected chi connectivity index (χ1v) is 8.86. The molecule has 0 saturated heterocycles. The highest BCUT2D eigenvalue weighted by atomic mass is 19.1. The van der Waals surface area contributed by atoms with E-state index in [9.17, 15) is 23.2 Å². The zero-order chi connectivity index (χ0) is 20.1. The van der Waals surface area contributed by atoms with Crippen molar-refractivity contribution in [1.82, 2.24) is 10.6 Å². The Kier molecular flexibility index (Phi) is 5.98. The molecule has 0 aliphatic heterocycles. The standard InChI is InChI=1S/C20H19F2N3O3/c21-14-5-8-16(17(22)11-14)20(28)24-10-9-23-18(26)12-3-6-15(7-4-12)25-19(27)13-1-2-13/h3-8,11,13H,1-2,9-10H2,(H,23,26)(H,24,28)(H,25,27). The van der Waals surface area contributed by atoms with Crippen LogP contribution in [-0.2, 0) is 4.79 Å². The molecule has 0 unspecified atom stereocenters. The van der Waals surface area contributed by atoms with Crippen LogP contribution in [0.15, 0.2) is 42.5 Å². The van der Waals surface area contributed by atoms with Crippen molar-refractivity contribution in [1.29, 1.82) is 0 Å². The van der Waals surface area contributed by atoms with Gasteiger partial charge < -0.3 is 16.0 Å². The van der Waals surface area contributed by atoms with Crippen LogP contribution >= 0.6 is 0 Å². The Morgan fingerprint density at radius 3 is 2.14 bits per heavy atom. The van der Waals surface area contributed by atoms with Crippen LogP contribution in [0.5, 0.6) is 0 Å². The van der Waals surface area contributed by atoms with Crippen LogP contribution in [0.25, 0.3) is 0 Å². The van der Waals surface area contributed by atoms with Gasteiger partial charge >= 0.3 is 0 Å². The summed E-state index contributed by atoms with van der Waals surface area (Å²) in [6.45, 7) is 0.213. The van der Waals surface area contributed by atoms with Crippen LogP contribution in [0.3, 0.4) is 0 Å². The molecule has 3 N–H and O–H groups in total. The third kappa shape index (κ3) is 5.12. The first kappa shape index (κ1) is 19.5. The number of hydrogen-bond acceptors (Lipinski definition) is 3. The molecule has 2 aromatic rings. The minimum Gasteiger partial charge on any atom is -0.350 e. The van der Waals surface area contributed by atoms with Gasteiger partial charge in [-0.2, -0.15) is 0 Å². The summed E-state index contributed by atoms with van der Waals surface area (Å²) in [5.41, 5.74) is 0.763. The first-order valence-electron chi connectivity index (χ1n) is 8.86. The quantitative estimate of drug-likeness (QED) is 0.638. The van der Waals surface area contributed by atoms with Crippen molar-refractivity contribution in [3.05, 3.63) is 65.2 Å². The van der Waals surface area contributed by atoms with Crippen LogP contribution in [0.4, 0.5) is 14.5 Å². The molecule has 28 heavy (non-hydrogen) atoms. The predicted octanol–water partition coefficient (Wildman–Crippen LogP) is 2.47. The minimum absolute atomic E-state index is 0.00876. The van der Waals surface area contributed by atoms with Gasteiger partial charge in [-0.15, -0.1) is 0 Å². The number of amides is 3. The summed E-state index contributed by atoms with van der Waals surface area (Å²) >= 11 is 0. The molecule has 2 aromatic carbocycles. The Morgan fingerprint density at radius 1 is 0.893 bits per heavy atom. The summed E-state index contributed by atoms with van der Waals surface area (Å²) in [6.07, 6.45) is 1.83. The molecule has 146 valence electrons. The second-order valence-electron chi connectivity index (χ2n) is 6.48. The first-order chi connectivity index (χ1) is 13.4. The lowest BCUT2D eigenvalue weighted by Crippen LogP contribution is -2.35. The third-order valence-electron chi connectivity index (χ3n) is 4.23. The monoisotopic (exact) mass is 387 g/mol. The number of carbonyl (C=O) groups excluding carboxylic acids is 3. The molecule has 8 heteroatoms. The van der Waals surface area contributed by atoms with E-state index in [2.05, 4.69) is 16.0 Å². The highest BCUT2D eigenvalue weighted by molar-refractivity contribution is 5.97. The van der Waals surface area contributed by atoms with Crippen LogP contribution < -0.4 is 16.0 Å². The van der Waals surface area contributed by atoms with Gasteiger partial charge in [-0.25, -0.2) is 8.78 Å². The molecule has 0 spiro atoms. The largest absolute Gasteiger partial charge is 0.350 e. The van der Waals surface area contributed by atoms with E-state index in [0.29, 0.717) is 17.3 Å². The van der Waals surface area contributed by atoms with Crippen molar-refractivity contribution in [2.24, 2.45) is 5.92 Å². The number of rotatable bonds is 7. The third-order valence-corrected chi connectivity index (χ3v) is 4.23. The van der Waals surface area contributed by atoms with Gasteiger partial charge in [0.25, 0.3) is 11.8 Å². The molecule has 1 aliphatic carbocycles. The van der Waals surface area contributed by atoms with E-state index in [0.717, 1.165) is 25.0 Å². The highest BCUT2D eigenvalue weighted by Crippen LogP contribution is 2.30. The van der Waals surface area contributed by atoms with E-state index in [1.165, 1.54) is 0 Å². The lowest BCUT2D eigenvalue weighted by Gasteiger charge is -2.09. The van der Waals surface area contributed by atoms with Crippen molar-refractivity contribution in [2.45, 2.75) is 12.8 Å². The molecule has 0 atom stereocenters. The van der Waals surface area contributed by atoms with Crippen LogP contribution in [0.2, 0.25) is 0 Å². The zero-order valence-electron chi connectivity index (χ0n) is 14.9. The molecule has 1 aliphatic rings. The van der Waals surface area contributed by atoms with Crippen LogP contribution in [0.1, 0.15) is 33.6 Å². The average molecular weight is 387 g/mol. The van der Waals surface area contributed by atoms with Gasteiger partial charge in [0.05, 0.1) is 5.56 Å². The number of halogens is 2. The van der Waals surface area contributed by atoms with Crippen molar-refractivity contribution in [2.75, 3.05) is 18.4 Å². The van der Waals surface area contributed by atoms with Crippen molar-refractivity contribution < 1.29 is 23.2 Å². The van der Waals surface area contributed by atoms with Crippen molar-refractivity contribution in [3.8, 4) is 0 Å². The van der Waals surface area contributed by atoms with E-state index in [1.54, 1.807) is 24.3 Å². The maximum Gasteiger partial charge on any atom is 0.254 e. The summed E-state index contributed by atoms with van der Waals surface area (Å²) in [7, 11) is 0. The molecular formula is C20H19F2N3O3. The molecule has 3 amide bonds. The maximum atomic E-state index is 13.5. The summed E-state index contributed by atoms with van der Waals surface area (Å²) < 4.78 is 26.4. The number of hydrogen-bond donors (Lipinski definition) is 3. The van der Waals surface area contributed by atoms with Crippen molar-refractivity contribution in [3.63, 3.8) is 0 Å². The minimum atomic E-state index is -0.949. The summed E-state index contributed by atoms with van der Waals surface area (Å²) in [5.74, 6) is -2.66. The average Bonchev–Trinajstić information content (AvgIpc) is 3.51. The Labute approximate surface area is 160 Å². The van der Waals surface area contributed by atoms with Gasteiger partial charge in [0.15, 0.2) is 0 Å². The molecule has 0 heterocycles. The van der Waals surface area contributed by atoms with E-state index in [-0.39, 0.29) is 36.4 Å². The fourth-order valence-electron chi connectivity index (χ4n) is 2.52. The van der Waals surface area contributed by atoms with Gasteiger partial charge in [-0.1, -0.05) is 0 Å². The van der Waals surface area contributed by atoms with Gasteiger partial charge in [-0.05, 0) is 49.2 Å². The Hall–Kier alpha value is -3.29. The molecule has 1 saturated carbocycles. The number of nitrogens with one attached hydrogen (secondary N) is 3. The smallest absolute Gasteiger partial charge is 0.254 e. The van der Waals surface area contributed by atoms with E-state index >= 15 is 0 Å². The summed E-state index contributed by atoms with van der Waals surface area (Å²) in [6, 6.07) is 9.16. The van der Waals surface area contributed by atoms with Crippen molar-refractivity contribution >= 4 is 23.4 Å². The fourth-order valence-corrected chi connectivity index (χ4v) is 2.52. The fraction of sp³-hybridized carbons (Fsp3) is 0.250. The van der Waals surface area contributed by atoms with Crippen LogP contribution in [0, 0.1) is 17.6 Å². The lowest BCUT2D eigenvalue weighted by atomic mass is 10.2. The second-order valence-corrected chi connectivity index (χ2v) is 6.48.